The number of hydrogen-bond donors (Lipinski definition) is 1. The Kier molecular flexibility index (Phi) is 4.73. The van der Waals surface area contributed by atoms with Crippen LogP contribution in [0, 0.1) is 17.6 Å². The Bertz CT molecular complexity index is 1100. The number of carbonyl (C=O) groups excluding carboxylic acids is 2. The quantitative estimate of drug-likeness (QED) is 0.675. The second kappa shape index (κ2) is 7.43. The number of nitrogens with one attached hydrogen (secondary N) is 1. The Morgan fingerprint density at radius 3 is 2.63 bits per heavy atom. The van der Waals surface area contributed by atoms with Crippen molar-refractivity contribution in [3.63, 3.8) is 0 Å². The number of likely N-dealkylation sites (tertiary alicyclic amines) is 1. The lowest BCUT2D eigenvalue weighted by molar-refractivity contribution is -0.137. The van der Waals surface area contributed by atoms with E-state index in [-0.39, 0.29) is 17.4 Å². The van der Waals surface area contributed by atoms with Crippen molar-refractivity contribution in [2.45, 2.75) is 31.2 Å². The molecule has 1 aromatic heterocycles. The van der Waals surface area contributed by atoms with Crippen LogP contribution >= 0.6 is 11.3 Å². The number of benzene rings is 2. The van der Waals surface area contributed by atoms with Crippen LogP contribution in [0.5, 0.6) is 0 Å². The standard InChI is InChI=1S/C22H19F2N3O2S/c23-14-5-3-6-15(24)19(14)12-11-13(12)21(29)27-10-4-8-17(27)20(28)26-22-25-16-7-1-2-9-18(16)30-22/h1-3,5-7,9,12-13,17H,4,8,10-11H2,(H,25,26,28). The number of hydrogen-bond acceptors (Lipinski definition) is 4. The Morgan fingerprint density at radius 1 is 1.10 bits per heavy atom. The molecule has 2 heterocycles. The highest BCUT2D eigenvalue weighted by Crippen LogP contribution is 2.50. The molecule has 1 aliphatic heterocycles. The number of aromatic nitrogens is 1. The highest BCUT2D eigenvalue weighted by Gasteiger charge is 2.50. The van der Waals surface area contributed by atoms with Gasteiger partial charge < -0.3 is 10.2 Å². The first-order valence-corrected chi connectivity index (χ1v) is 10.8. The summed E-state index contributed by atoms with van der Waals surface area (Å²) in [6.45, 7) is 0.472. The van der Waals surface area contributed by atoms with Crippen molar-refractivity contribution in [3.8, 4) is 0 Å². The van der Waals surface area contributed by atoms with Crippen molar-refractivity contribution < 1.29 is 18.4 Å². The van der Waals surface area contributed by atoms with Gasteiger partial charge in [-0.3, -0.25) is 9.59 Å². The Morgan fingerprint density at radius 2 is 1.87 bits per heavy atom. The van der Waals surface area contributed by atoms with E-state index in [1.54, 1.807) is 4.90 Å². The molecule has 0 spiro atoms. The van der Waals surface area contributed by atoms with Gasteiger partial charge >= 0.3 is 0 Å². The average molecular weight is 427 g/mol. The van der Waals surface area contributed by atoms with E-state index in [0.29, 0.717) is 24.5 Å². The topological polar surface area (TPSA) is 62.3 Å². The minimum Gasteiger partial charge on any atom is -0.330 e. The van der Waals surface area contributed by atoms with E-state index in [1.807, 2.05) is 24.3 Å². The highest BCUT2D eigenvalue weighted by atomic mass is 32.1. The second-order valence-corrected chi connectivity index (χ2v) is 8.78. The van der Waals surface area contributed by atoms with E-state index in [4.69, 9.17) is 0 Å². The van der Waals surface area contributed by atoms with Crippen molar-refractivity contribution in [2.24, 2.45) is 5.92 Å². The largest absolute Gasteiger partial charge is 0.330 e. The third-order valence-electron chi connectivity index (χ3n) is 5.84. The molecule has 3 unspecified atom stereocenters. The maximum atomic E-state index is 14.1. The summed E-state index contributed by atoms with van der Waals surface area (Å²) in [5, 5.41) is 3.33. The van der Waals surface area contributed by atoms with Gasteiger partial charge in [0.15, 0.2) is 5.13 Å². The molecule has 0 bridgehead atoms. The second-order valence-electron chi connectivity index (χ2n) is 7.75. The monoisotopic (exact) mass is 427 g/mol. The zero-order valence-corrected chi connectivity index (χ0v) is 16.8. The van der Waals surface area contributed by atoms with Crippen molar-refractivity contribution in [3.05, 3.63) is 59.7 Å². The van der Waals surface area contributed by atoms with Gasteiger partial charge in [0, 0.05) is 23.9 Å². The predicted octanol–water partition coefficient (Wildman–Crippen LogP) is 4.31. The number of amides is 2. The minimum atomic E-state index is -0.623. The fourth-order valence-electron chi connectivity index (χ4n) is 4.28. The summed E-state index contributed by atoms with van der Waals surface area (Å²) in [5.41, 5.74) is 0.787. The van der Waals surface area contributed by atoms with Gasteiger partial charge in [0.25, 0.3) is 0 Å². The fourth-order valence-corrected chi connectivity index (χ4v) is 5.15. The number of rotatable bonds is 4. The lowest BCUT2D eigenvalue weighted by Crippen LogP contribution is -2.44. The summed E-state index contributed by atoms with van der Waals surface area (Å²) in [6, 6.07) is 10.8. The molecule has 2 aliphatic rings. The molecule has 0 radical (unpaired) electrons. The van der Waals surface area contributed by atoms with Crippen LogP contribution in [0.25, 0.3) is 10.2 Å². The third-order valence-corrected chi connectivity index (χ3v) is 6.79. The summed E-state index contributed by atoms with van der Waals surface area (Å²) in [4.78, 5) is 31.8. The third kappa shape index (κ3) is 3.35. The molecule has 1 aliphatic carbocycles. The van der Waals surface area contributed by atoms with Gasteiger partial charge in [-0.2, -0.15) is 0 Å². The van der Waals surface area contributed by atoms with Gasteiger partial charge in [-0.15, -0.1) is 0 Å². The van der Waals surface area contributed by atoms with E-state index in [9.17, 15) is 18.4 Å². The zero-order chi connectivity index (χ0) is 20.8. The first-order valence-electron chi connectivity index (χ1n) is 9.94. The smallest absolute Gasteiger partial charge is 0.248 e. The molecule has 1 saturated heterocycles. The SMILES string of the molecule is O=C(Nc1nc2ccccc2s1)C1CCCN1C(=O)C1CC1c1c(F)cccc1F. The van der Waals surface area contributed by atoms with Gasteiger partial charge in [0.2, 0.25) is 11.8 Å². The maximum Gasteiger partial charge on any atom is 0.248 e. The summed E-state index contributed by atoms with van der Waals surface area (Å²) in [7, 11) is 0. The molecular formula is C22H19F2N3O2S. The number of para-hydroxylation sites is 1. The van der Waals surface area contributed by atoms with E-state index >= 15 is 0 Å². The van der Waals surface area contributed by atoms with Crippen LogP contribution in [0.15, 0.2) is 42.5 Å². The predicted molar refractivity (Wildman–Crippen MR) is 110 cm³/mol. The first-order chi connectivity index (χ1) is 14.5. The van der Waals surface area contributed by atoms with Crippen LogP contribution in [-0.4, -0.2) is 34.3 Å². The zero-order valence-electron chi connectivity index (χ0n) is 16.0. The van der Waals surface area contributed by atoms with Crippen molar-refractivity contribution in [1.29, 1.82) is 0 Å². The van der Waals surface area contributed by atoms with E-state index in [0.717, 1.165) is 16.6 Å². The number of nitrogens with zero attached hydrogens (tertiary/aromatic N) is 2. The maximum absolute atomic E-state index is 14.1. The summed E-state index contributed by atoms with van der Waals surface area (Å²) < 4.78 is 29.1. The van der Waals surface area contributed by atoms with Crippen LogP contribution in [0.4, 0.5) is 13.9 Å². The molecular weight excluding hydrogens is 408 g/mol. The first kappa shape index (κ1) is 19.1. The van der Waals surface area contributed by atoms with E-state index < -0.39 is 29.5 Å². The fraction of sp³-hybridized carbons (Fsp3) is 0.318. The molecule has 2 amide bonds. The van der Waals surface area contributed by atoms with Crippen molar-refractivity contribution in [1.82, 2.24) is 9.88 Å². The van der Waals surface area contributed by atoms with Gasteiger partial charge in [-0.1, -0.05) is 29.5 Å². The normalized spacial score (nSPS) is 23.0. The van der Waals surface area contributed by atoms with Crippen LogP contribution in [0.3, 0.4) is 0 Å². The summed E-state index contributed by atoms with van der Waals surface area (Å²) >= 11 is 1.38. The molecule has 30 heavy (non-hydrogen) atoms. The molecule has 154 valence electrons. The lowest BCUT2D eigenvalue weighted by Gasteiger charge is -2.24. The Balaban J connectivity index is 1.29. The van der Waals surface area contributed by atoms with E-state index in [2.05, 4.69) is 10.3 Å². The molecule has 2 aromatic carbocycles. The average Bonchev–Trinajstić information content (AvgIpc) is 3.16. The molecule has 1 N–H and O–H groups in total. The van der Waals surface area contributed by atoms with E-state index in [1.165, 1.54) is 29.5 Å². The molecule has 1 saturated carbocycles. The molecule has 3 aromatic rings. The molecule has 2 fully saturated rings. The number of halogens is 2. The van der Waals surface area contributed by atoms with Crippen molar-refractivity contribution >= 4 is 38.5 Å². The number of anilines is 1. The highest BCUT2D eigenvalue weighted by molar-refractivity contribution is 7.22. The molecule has 3 atom stereocenters. The lowest BCUT2D eigenvalue weighted by atomic mass is 10.1. The van der Waals surface area contributed by atoms with Crippen LogP contribution in [-0.2, 0) is 9.59 Å². The molecule has 5 nitrogen and oxygen atoms in total. The number of fused-ring (bicyclic) bond motifs is 1. The van der Waals surface area contributed by atoms with Gasteiger partial charge in [0.05, 0.1) is 10.2 Å². The van der Waals surface area contributed by atoms with Gasteiger partial charge in [-0.05, 0) is 43.5 Å². The summed E-state index contributed by atoms with van der Waals surface area (Å²) in [5.74, 6) is -2.66. The molecule has 5 rings (SSSR count). The molecule has 8 heteroatoms. The van der Waals surface area contributed by atoms with Crippen molar-refractivity contribution in [2.75, 3.05) is 11.9 Å². The van der Waals surface area contributed by atoms with Gasteiger partial charge in [0.1, 0.15) is 17.7 Å². The number of thiazole rings is 1. The summed E-state index contributed by atoms with van der Waals surface area (Å²) in [6.07, 6.45) is 1.68. The van der Waals surface area contributed by atoms with Crippen LogP contribution in [0.2, 0.25) is 0 Å². The van der Waals surface area contributed by atoms with Crippen LogP contribution < -0.4 is 5.32 Å². The number of carbonyl (C=O) groups is 2. The van der Waals surface area contributed by atoms with Crippen LogP contribution in [0.1, 0.15) is 30.7 Å². The Hall–Kier alpha value is -2.87. The Labute approximate surface area is 175 Å². The van der Waals surface area contributed by atoms with Gasteiger partial charge in [-0.25, -0.2) is 13.8 Å². The minimum absolute atomic E-state index is 0.0227.